The lowest BCUT2D eigenvalue weighted by Gasteiger charge is -2.09. The zero-order chi connectivity index (χ0) is 15.0. The zero-order valence-corrected chi connectivity index (χ0v) is 13.2. The number of nitrogens with zero attached hydrogens (tertiary/aromatic N) is 3. The highest BCUT2D eigenvalue weighted by atomic mass is 35.5. The van der Waals surface area contributed by atoms with Crippen molar-refractivity contribution >= 4 is 29.3 Å². The Hall–Kier alpha value is -1.53. The van der Waals surface area contributed by atoms with E-state index in [1.165, 1.54) is 11.8 Å². The first kappa shape index (κ1) is 14.4. The molecule has 2 atom stereocenters. The molecule has 2 heterocycles. The Bertz CT molecular complexity index is 689. The van der Waals surface area contributed by atoms with Gasteiger partial charge in [0.15, 0.2) is 5.16 Å². The monoisotopic (exact) mass is 323 g/mol. The Morgan fingerprint density at radius 3 is 2.95 bits per heavy atom. The van der Waals surface area contributed by atoms with Crippen LogP contribution in [0.15, 0.2) is 29.7 Å². The summed E-state index contributed by atoms with van der Waals surface area (Å²) in [5.74, 6) is -0.191. The number of esters is 1. The second-order valence-electron chi connectivity index (χ2n) is 5.01. The van der Waals surface area contributed by atoms with Crippen LogP contribution in [-0.2, 0) is 9.53 Å². The molecule has 1 aromatic carbocycles. The average Bonchev–Trinajstić information content (AvgIpc) is 3.01. The molecular formula is C14H14ClN3O2S. The first-order valence-electron chi connectivity index (χ1n) is 6.58. The predicted octanol–water partition coefficient (Wildman–Crippen LogP) is 3.03. The molecule has 3 rings (SSSR count). The van der Waals surface area contributed by atoms with Crippen LogP contribution in [0.1, 0.15) is 18.9 Å². The normalized spacial score (nSPS) is 21.6. The number of hydrogen-bond acceptors (Lipinski definition) is 5. The van der Waals surface area contributed by atoms with Crippen molar-refractivity contribution in [2.24, 2.45) is 0 Å². The number of benzene rings is 1. The standard InChI is InChI=1S/C14H14ClN3O2S/c1-8-3-4-10(6-11(8)15)18-7-16-17-14(18)21-12-5-9(2)20-13(12)19/h3-4,6-7,9,12H,5H2,1-2H3/t9-,12-/m1/s1. The molecule has 0 radical (unpaired) electrons. The molecule has 2 aromatic rings. The minimum Gasteiger partial charge on any atom is -0.462 e. The molecule has 1 fully saturated rings. The number of halogens is 1. The van der Waals surface area contributed by atoms with Gasteiger partial charge in [-0.3, -0.25) is 9.36 Å². The summed E-state index contributed by atoms with van der Waals surface area (Å²) in [5.41, 5.74) is 1.88. The molecule has 0 spiro atoms. The molecule has 1 saturated heterocycles. The van der Waals surface area contributed by atoms with Crippen LogP contribution in [0.2, 0.25) is 5.02 Å². The number of aryl methyl sites for hydroxylation is 1. The van der Waals surface area contributed by atoms with Gasteiger partial charge < -0.3 is 4.74 Å². The fourth-order valence-corrected chi connectivity index (χ4v) is 3.47. The summed E-state index contributed by atoms with van der Waals surface area (Å²) < 4.78 is 6.99. The van der Waals surface area contributed by atoms with Crippen molar-refractivity contribution in [3.05, 3.63) is 35.1 Å². The highest BCUT2D eigenvalue weighted by Crippen LogP contribution is 2.32. The lowest BCUT2D eigenvalue weighted by molar-refractivity contribution is -0.140. The van der Waals surface area contributed by atoms with Gasteiger partial charge in [-0.25, -0.2) is 0 Å². The molecule has 0 N–H and O–H groups in total. The maximum absolute atomic E-state index is 11.7. The van der Waals surface area contributed by atoms with Crippen molar-refractivity contribution < 1.29 is 9.53 Å². The van der Waals surface area contributed by atoms with E-state index in [9.17, 15) is 4.79 Å². The average molecular weight is 324 g/mol. The predicted molar refractivity (Wildman–Crippen MR) is 80.9 cm³/mol. The van der Waals surface area contributed by atoms with E-state index in [0.717, 1.165) is 11.3 Å². The Morgan fingerprint density at radius 1 is 1.48 bits per heavy atom. The Morgan fingerprint density at radius 2 is 2.29 bits per heavy atom. The van der Waals surface area contributed by atoms with Crippen LogP contribution in [0.25, 0.3) is 5.69 Å². The van der Waals surface area contributed by atoms with Crippen LogP contribution in [0, 0.1) is 6.92 Å². The van der Waals surface area contributed by atoms with Gasteiger partial charge in [-0.15, -0.1) is 10.2 Å². The van der Waals surface area contributed by atoms with Gasteiger partial charge >= 0.3 is 5.97 Å². The summed E-state index contributed by atoms with van der Waals surface area (Å²) in [6.07, 6.45) is 2.26. The number of aromatic nitrogens is 3. The Kier molecular flexibility index (Phi) is 3.91. The van der Waals surface area contributed by atoms with Crippen molar-refractivity contribution in [3.63, 3.8) is 0 Å². The number of thioether (sulfide) groups is 1. The molecule has 1 aromatic heterocycles. The van der Waals surface area contributed by atoms with E-state index < -0.39 is 0 Å². The van der Waals surface area contributed by atoms with Gasteiger partial charge in [0, 0.05) is 11.4 Å². The third kappa shape index (κ3) is 2.91. The van der Waals surface area contributed by atoms with Gasteiger partial charge in [-0.1, -0.05) is 29.4 Å². The third-order valence-corrected chi connectivity index (χ3v) is 4.89. The molecule has 110 valence electrons. The number of hydrogen-bond donors (Lipinski definition) is 0. The van der Waals surface area contributed by atoms with Gasteiger partial charge in [0.25, 0.3) is 0 Å². The van der Waals surface area contributed by atoms with Crippen molar-refractivity contribution in [2.75, 3.05) is 0 Å². The third-order valence-electron chi connectivity index (χ3n) is 3.32. The molecule has 0 aliphatic carbocycles. The quantitative estimate of drug-likeness (QED) is 0.813. The molecule has 0 amide bonds. The van der Waals surface area contributed by atoms with Gasteiger partial charge in [-0.2, -0.15) is 0 Å². The molecular weight excluding hydrogens is 310 g/mol. The van der Waals surface area contributed by atoms with E-state index in [1.54, 1.807) is 6.33 Å². The van der Waals surface area contributed by atoms with Crippen molar-refractivity contribution in [1.29, 1.82) is 0 Å². The minimum absolute atomic E-state index is 0.0415. The molecule has 21 heavy (non-hydrogen) atoms. The van der Waals surface area contributed by atoms with E-state index in [1.807, 2.05) is 36.6 Å². The number of carbonyl (C=O) groups excluding carboxylic acids is 1. The van der Waals surface area contributed by atoms with Crippen LogP contribution >= 0.6 is 23.4 Å². The molecule has 5 nitrogen and oxygen atoms in total. The number of cyclic esters (lactones) is 1. The maximum atomic E-state index is 11.7. The van der Waals surface area contributed by atoms with Crippen molar-refractivity contribution in [1.82, 2.24) is 14.8 Å². The first-order valence-corrected chi connectivity index (χ1v) is 7.84. The van der Waals surface area contributed by atoms with Crippen LogP contribution in [-0.4, -0.2) is 32.1 Å². The molecule has 1 aliphatic heterocycles. The number of ether oxygens (including phenoxy) is 1. The summed E-state index contributed by atoms with van der Waals surface area (Å²) in [4.78, 5) is 11.7. The van der Waals surface area contributed by atoms with E-state index in [-0.39, 0.29) is 17.3 Å². The second-order valence-corrected chi connectivity index (χ2v) is 6.58. The zero-order valence-electron chi connectivity index (χ0n) is 11.6. The van der Waals surface area contributed by atoms with E-state index in [0.29, 0.717) is 16.6 Å². The lowest BCUT2D eigenvalue weighted by Crippen LogP contribution is -2.10. The minimum atomic E-state index is -0.233. The lowest BCUT2D eigenvalue weighted by atomic mass is 10.2. The van der Waals surface area contributed by atoms with E-state index in [2.05, 4.69) is 10.2 Å². The fraction of sp³-hybridized carbons (Fsp3) is 0.357. The van der Waals surface area contributed by atoms with Gasteiger partial charge in [-0.05, 0) is 31.5 Å². The summed E-state index contributed by atoms with van der Waals surface area (Å²) in [5, 5.41) is 9.14. The Labute approximate surface area is 131 Å². The van der Waals surface area contributed by atoms with Gasteiger partial charge in [0.2, 0.25) is 0 Å². The largest absolute Gasteiger partial charge is 0.462 e. The van der Waals surface area contributed by atoms with Crippen LogP contribution in [0.3, 0.4) is 0 Å². The van der Waals surface area contributed by atoms with Crippen LogP contribution < -0.4 is 0 Å². The molecule has 0 unspecified atom stereocenters. The second kappa shape index (κ2) is 5.69. The smallest absolute Gasteiger partial charge is 0.319 e. The van der Waals surface area contributed by atoms with Crippen molar-refractivity contribution in [3.8, 4) is 5.69 Å². The molecule has 1 aliphatic rings. The highest BCUT2D eigenvalue weighted by Gasteiger charge is 2.34. The Balaban J connectivity index is 1.87. The summed E-state index contributed by atoms with van der Waals surface area (Å²) in [7, 11) is 0. The molecule has 7 heteroatoms. The summed E-state index contributed by atoms with van der Waals surface area (Å²) in [6, 6.07) is 5.75. The summed E-state index contributed by atoms with van der Waals surface area (Å²) in [6.45, 7) is 3.84. The van der Waals surface area contributed by atoms with E-state index in [4.69, 9.17) is 16.3 Å². The SMILES string of the molecule is Cc1ccc(-n2cnnc2S[C@@H]2C[C@@H](C)OC2=O)cc1Cl. The van der Waals surface area contributed by atoms with Crippen LogP contribution in [0.4, 0.5) is 0 Å². The summed E-state index contributed by atoms with van der Waals surface area (Å²) >= 11 is 7.53. The highest BCUT2D eigenvalue weighted by molar-refractivity contribution is 8.00. The number of carbonyl (C=O) groups is 1. The van der Waals surface area contributed by atoms with Gasteiger partial charge in [0.1, 0.15) is 17.7 Å². The van der Waals surface area contributed by atoms with E-state index >= 15 is 0 Å². The number of rotatable bonds is 3. The molecule has 0 bridgehead atoms. The molecule has 0 saturated carbocycles. The van der Waals surface area contributed by atoms with Crippen molar-refractivity contribution in [2.45, 2.75) is 36.8 Å². The first-order chi connectivity index (χ1) is 10.0. The topological polar surface area (TPSA) is 57.0 Å². The fourth-order valence-electron chi connectivity index (χ4n) is 2.16. The van der Waals surface area contributed by atoms with Gasteiger partial charge in [0.05, 0.1) is 5.69 Å². The van der Waals surface area contributed by atoms with Crippen LogP contribution in [0.5, 0.6) is 0 Å². The maximum Gasteiger partial charge on any atom is 0.319 e.